The Morgan fingerprint density at radius 1 is 1.24 bits per heavy atom. The average Bonchev–Trinajstić information content (AvgIpc) is 2.46. The van der Waals surface area contributed by atoms with Gasteiger partial charge in [0.1, 0.15) is 9.84 Å². The van der Waals surface area contributed by atoms with E-state index in [1.807, 2.05) is 0 Å². The van der Waals surface area contributed by atoms with Gasteiger partial charge in [0.25, 0.3) is 0 Å². The summed E-state index contributed by atoms with van der Waals surface area (Å²) in [5.74, 6) is 1.64. The summed E-state index contributed by atoms with van der Waals surface area (Å²) < 4.78 is 22.4. The second-order valence-corrected chi connectivity index (χ2v) is 8.52. The Morgan fingerprint density at radius 2 is 1.95 bits per heavy atom. The van der Waals surface area contributed by atoms with E-state index in [1.165, 1.54) is 24.7 Å². The van der Waals surface area contributed by atoms with Gasteiger partial charge in [-0.05, 0) is 43.3 Å². The molecule has 0 aromatic heterocycles. The smallest absolute Gasteiger partial charge is 0.147 e. The molecule has 1 aromatic carbocycles. The standard InChI is InChI=1S/C17H27NO2S/c1-3-15-14-18(11-7-13-21(2,19)20)12-10-17(15)16-8-5-4-6-9-16/h4-6,8-9,15,17H,3,7,10-14H2,1-2H3/t15-,17+/m1/s1. The Hall–Kier alpha value is -0.870. The molecule has 4 heteroatoms. The van der Waals surface area contributed by atoms with Crippen molar-refractivity contribution in [3.05, 3.63) is 35.9 Å². The van der Waals surface area contributed by atoms with E-state index in [0.29, 0.717) is 17.6 Å². The van der Waals surface area contributed by atoms with Crippen LogP contribution in [0.4, 0.5) is 0 Å². The number of rotatable bonds is 6. The van der Waals surface area contributed by atoms with Crippen LogP contribution in [0.5, 0.6) is 0 Å². The molecule has 0 bridgehead atoms. The molecule has 0 saturated carbocycles. The molecule has 118 valence electrons. The fraction of sp³-hybridized carbons (Fsp3) is 0.647. The van der Waals surface area contributed by atoms with Crippen molar-refractivity contribution in [1.82, 2.24) is 4.90 Å². The molecule has 3 nitrogen and oxygen atoms in total. The van der Waals surface area contributed by atoms with Gasteiger partial charge in [-0.1, -0.05) is 43.7 Å². The molecule has 0 unspecified atom stereocenters. The zero-order chi connectivity index (χ0) is 15.3. The lowest BCUT2D eigenvalue weighted by Crippen LogP contribution is -2.40. The van der Waals surface area contributed by atoms with Gasteiger partial charge in [-0.2, -0.15) is 0 Å². The van der Waals surface area contributed by atoms with Crippen LogP contribution in [0.3, 0.4) is 0 Å². The normalized spacial score (nSPS) is 24.1. The minimum absolute atomic E-state index is 0.308. The third kappa shape index (κ3) is 5.11. The third-order valence-corrected chi connectivity index (χ3v) is 5.59. The molecule has 0 aliphatic carbocycles. The SMILES string of the molecule is CC[C@@H]1CN(CCCS(C)(=O)=O)CC[C@@H]1c1ccccc1. The van der Waals surface area contributed by atoms with Crippen LogP contribution >= 0.6 is 0 Å². The van der Waals surface area contributed by atoms with Gasteiger partial charge >= 0.3 is 0 Å². The first-order valence-electron chi connectivity index (χ1n) is 7.94. The summed E-state index contributed by atoms with van der Waals surface area (Å²) >= 11 is 0. The van der Waals surface area contributed by atoms with Gasteiger partial charge < -0.3 is 4.90 Å². The number of sulfone groups is 1. The highest BCUT2D eigenvalue weighted by Crippen LogP contribution is 2.34. The number of hydrogen-bond donors (Lipinski definition) is 0. The van der Waals surface area contributed by atoms with E-state index in [4.69, 9.17) is 0 Å². The topological polar surface area (TPSA) is 37.4 Å². The molecule has 0 amide bonds. The van der Waals surface area contributed by atoms with Gasteiger partial charge in [0, 0.05) is 12.8 Å². The van der Waals surface area contributed by atoms with Crippen molar-refractivity contribution in [2.24, 2.45) is 5.92 Å². The summed E-state index contributed by atoms with van der Waals surface area (Å²) in [5, 5.41) is 0. The Kier molecular flexibility index (Phi) is 5.82. The Morgan fingerprint density at radius 3 is 2.57 bits per heavy atom. The van der Waals surface area contributed by atoms with Gasteiger partial charge in [-0.15, -0.1) is 0 Å². The van der Waals surface area contributed by atoms with Gasteiger partial charge in [0.15, 0.2) is 0 Å². The van der Waals surface area contributed by atoms with Crippen LogP contribution in [0.1, 0.15) is 37.7 Å². The Bertz CT molecular complexity index is 527. The number of nitrogens with zero attached hydrogens (tertiary/aromatic N) is 1. The molecule has 1 aromatic rings. The molecular formula is C17H27NO2S. The molecule has 1 saturated heterocycles. The van der Waals surface area contributed by atoms with E-state index < -0.39 is 9.84 Å². The number of piperidine rings is 1. The maximum atomic E-state index is 11.2. The monoisotopic (exact) mass is 309 g/mol. The fourth-order valence-electron chi connectivity index (χ4n) is 3.41. The Balaban J connectivity index is 1.89. The molecule has 0 radical (unpaired) electrons. The highest BCUT2D eigenvalue weighted by atomic mass is 32.2. The predicted molar refractivity (Wildman–Crippen MR) is 88.3 cm³/mol. The van der Waals surface area contributed by atoms with Crippen molar-refractivity contribution in [1.29, 1.82) is 0 Å². The van der Waals surface area contributed by atoms with Crippen LogP contribution in [0, 0.1) is 5.92 Å². The molecule has 21 heavy (non-hydrogen) atoms. The number of benzene rings is 1. The third-order valence-electron chi connectivity index (χ3n) is 4.56. The lowest BCUT2D eigenvalue weighted by atomic mass is 9.79. The van der Waals surface area contributed by atoms with Gasteiger partial charge in [0.05, 0.1) is 5.75 Å². The maximum Gasteiger partial charge on any atom is 0.147 e. The summed E-state index contributed by atoms with van der Waals surface area (Å²) in [5.41, 5.74) is 1.46. The van der Waals surface area contributed by atoms with Crippen molar-refractivity contribution < 1.29 is 8.42 Å². The van der Waals surface area contributed by atoms with Crippen LogP contribution < -0.4 is 0 Å². The molecule has 1 aliphatic rings. The molecule has 0 N–H and O–H groups in total. The average molecular weight is 309 g/mol. The quantitative estimate of drug-likeness (QED) is 0.811. The molecule has 1 heterocycles. The lowest BCUT2D eigenvalue weighted by molar-refractivity contribution is 0.151. The molecule has 1 fully saturated rings. The zero-order valence-corrected chi connectivity index (χ0v) is 14.0. The maximum absolute atomic E-state index is 11.2. The zero-order valence-electron chi connectivity index (χ0n) is 13.2. The van der Waals surface area contributed by atoms with Crippen molar-refractivity contribution in [2.45, 2.75) is 32.1 Å². The predicted octanol–water partition coefficient (Wildman–Crippen LogP) is 2.94. The first-order valence-corrected chi connectivity index (χ1v) is 10.0. The summed E-state index contributed by atoms with van der Waals surface area (Å²) in [6.07, 6.45) is 4.44. The first-order chi connectivity index (χ1) is 9.99. The van der Waals surface area contributed by atoms with Crippen molar-refractivity contribution in [2.75, 3.05) is 31.6 Å². The molecule has 0 spiro atoms. The van der Waals surface area contributed by atoms with E-state index in [9.17, 15) is 8.42 Å². The number of hydrogen-bond acceptors (Lipinski definition) is 3. The first kappa shape index (κ1) is 16.5. The van der Waals surface area contributed by atoms with E-state index in [0.717, 1.165) is 26.1 Å². The van der Waals surface area contributed by atoms with Crippen LogP contribution in [0.25, 0.3) is 0 Å². The van der Waals surface area contributed by atoms with E-state index in [2.05, 4.69) is 42.2 Å². The summed E-state index contributed by atoms with van der Waals surface area (Å²) in [6.45, 7) is 5.35. The van der Waals surface area contributed by atoms with Crippen molar-refractivity contribution >= 4 is 9.84 Å². The van der Waals surface area contributed by atoms with Crippen LogP contribution in [-0.4, -0.2) is 45.0 Å². The largest absolute Gasteiger partial charge is 0.303 e. The second kappa shape index (κ2) is 7.41. The highest BCUT2D eigenvalue weighted by Gasteiger charge is 2.28. The summed E-state index contributed by atoms with van der Waals surface area (Å²) in [6, 6.07) is 10.8. The van der Waals surface area contributed by atoms with Gasteiger partial charge in [-0.3, -0.25) is 0 Å². The summed E-state index contributed by atoms with van der Waals surface area (Å²) in [4.78, 5) is 2.44. The van der Waals surface area contributed by atoms with Crippen LogP contribution in [0.2, 0.25) is 0 Å². The van der Waals surface area contributed by atoms with Crippen molar-refractivity contribution in [3.8, 4) is 0 Å². The minimum Gasteiger partial charge on any atom is -0.303 e. The van der Waals surface area contributed by atoms with Crippen LogP contribution in [-0.2, 0) is 9.84 Å². The minimum atomic E-state index is -2.82. The second-order valence-electron chi connectivity index (χ2n) is 6.26. The molecule has 1 aliphatic heterocycles. The van der Waals surface area contributed by atoms with E-state index in [-0.39, 0.29) is 0 Å². The highest BCUT2D eigenvalue weighted by molar-refractivity contribution is 7.90. The summed E-state index contributed by atoms with van der Waals surface area (Å²) in [7, 11) is -2.82. The molecular weight excluding hydrogens is 282 g/mol. The van der Waals surface area contributed by atoms with Crippen LogP contribution in [0.15, 0.2) is 30.3 Å². The molecule has 2 rings (SSSR count). The number of likely N-dealkylation sites (tertiary alicyclic amines) is 1. The van der Waals surface area contributed by atoms with Crippen molar-refractivity contribution in [3.63, 3.8) is 0 Å². The van der Waals surface area contributed by atoms with E-state index >= 15 is 0 Å². The molecule has 2 atom stereocenters. The van der Waals surface area contributed by atoms with E-state index in [1.54, 1.807) is 0 Å². The lowest BCUT2D eigenvalue weighted by Gasteiger charge is -2.38. The van der Waals surface area contributed by atoms with Gasteiger partial charge in [-0.25, -0.2) is 8.42 Å². The Labute approximate surface area is 129 Å². The van der Waals surface area contributed by atoms with Gasteiger partial charge in [0.2, 0.25) is 0 Å². The fourth-order valence-corrected chi connectivity index (χ4v) is 4.07.